The van der Waals surface area contributed by atoms with Crippen LogP contribution in [-0.2, 0) is 13.6 Å². The molecule has 5 nitrogen and oxygen atoms in total. The lowest BCUT2D eigenvalue weighted by atomic mass is 10.3. The van der Waals surface area contributed by atoms with Crippen molar-refractivity contribution in [2.24, 2.45) is 12.8 Å². The van der Waals surface area contributed by atoms with E-state index in [2.05, 4.69) is 5.10 Å². The van der Waals surface area contributed by atoms with Crippen molar-refractivity contribution in [3.05, 3.63) is 16.8 Å². The lowest BCUT2D eigenvalue weighted by Crippen LogP contribution is -2.23. The molecule has 0 aliphatic heterocycles. The number of hydrogen-bond acceptors (Lipinski definition) is 3. The highest BCUT2D eigenvalue weighted by atomic mass is 16.2. The molecule has 0 amide bonds. The molecule has 0 fully saturated rings. The Morgan fingerprint density at radius 1 is 1.58 bits per heavy atom. The molecule has 1 heterocycles. The minimum absolute atomic E-state index is 0.0629. The van der Waals surface area contributed by atoms with Gasteiger partial charge in [-0.3, -0.25) is 4.57 Å². The van der Waals surface area contributed by atoms with Crippen LogP contribution in [0, 0.1) is 0 Å². The summed E-state index contributed by atoms with van der Waals surface area (Å²) in [7, 11) is 1.69. The zero-order valence-electron chi connectivity index (χ0n) is 7.23. The summed E-state index contributed by atoms with van der Waals surface area (Å²) in [5.74, 6) is 0. The zero-order valence-corrected chi connectivity index (χ0v) is 7.23. The monoisotopic (exact) mass is 170 g/mol. The van der Waals surface area contributed by atoms with Crippen LogP contribution in [0.5, 0.6) is 0 Å². The molecule has 0 saturated carbocycles. The molecule has 0 aliphatic rings. The number of hydrogen-bond donors (Lipinski definition) is 1. The van der Waals surface area contributed by atoms with Gasteiger partial charge in [0.1, 0.15) is 6.33 Å². The van der Waals surface area contributed by atoms with Crippen LogP contribution in [-0.4, -0.2) is 20.9 Å². The van der Waals surface area contributed by atoms with Crippen LogP contribution in [0.25, 0.3) is 0 Å². The zero-order chi connectivity index (χ0) is 8.97. The molecule has 0 aromatic carbocycles. The van der Waals surface area contributed by atoms with Gasteiger partial charge >= 0.3 is 5.69 Å². The lowest BCUT2D eigenvalue weighted by molar-refractivity contribution is 0.540. The maximum Gasteiger partial charge on any atom is 0.345 e. The van der Waals surface area contributed by atoms with Gasteiger partial charge in [0, 0.05) is 13.6 Å². The molecule has 5 heteroatoms. The number of rotatable bonds is 4. The summed E-state index contributed by atoms with van der Waals surface area (Å²) in [5, 5.41) is 3.91. The van der Waals surface area contributed by atoms with E-state index in [4.69, 9.17) is 5.73 Å². The smallest absolute Gasteiger partial charge is 0.330 e. The summed E-state index contributed by atoms with van der Waals surface area (Å²) < 4.78 is 2.91. The first-order valence-electron chi connectivity index (χ1n) is 4.04. The van der Waals surface area contributed by atoms with Crippen LogP contribution in [0.15, 0.2) is 11.1 Å². The largest absolute Gasteiger partial charge is 0.345 e. The third-order valence-corrected chi connectivity index (χ3v) is 1.71. The van der Waals surface area contributed by atoms with Crippen molar-refractivity contribution >= 4 is 0 Å². The first kappa shape index (κ1) is 8.99. The minimum Gasteiger partial charge on any atom is -0.330 e. The first-order chi connectivity index (χ1) is 5.75. The molecular weight excluding hydrogens is 156 g/mol. The Hall–Kier alpha value is -1.10. The molecule has 68 valence electrons. The van der Waals surface area contributed by atoms with E-state index < -0.39 is 0 Å². The first-order valence-corrected chi connectivity index (χ1v) is 4.04. The quantitative estimate of drug-likeness (QED) is 0.609. The molecule has 0 spiro atoms. The van der Waals surface area contributed by atoms with Gasteiger partial charge in [-0.1, -0.05) is 0 Å². The predicted octanol–water partition coefficient (Wildman–Crippen LogP) is -0.679. The van der Waals surface area contributed by atoms with E-state index in [1.807, 2.05) is 0 Å². The topological polar surface area (TPSA) is 65.8 Å². The summed E-state index contributed by atoms with van der Waals surface area (Å²) in [6.45, 7) is 1.33. The molecule has 0 atom stereocenters. The summed E-state index contributed by atoms with van der Waals surface area (Å²) >= 11 is 0. The molecular formula is C7H14N4O. The van der Waals surface area contributed by atoms with E-state index in [1.54, 1.807) is 7.05 Å². The number of nitrogens with zero attached hydrogens (tertiary/aromatic N) is 3. The summed E-state index contributed by atoms with van der Waals surface area (Å²) in [5.41, 5.74) is 5.26. The second-order valence-electron chi connectivity index (χ2n) is 2.74. The third-order valence-electron chi connectivity index (χ3n) is 1.71. The van der Waals surface area contributed by atoms with E-state index >= 15 is 0 Å². The van der Waals surface area contributed by atoms with Crippen LogP contribution in [0.4, 0.5) is 0 Å². The molecule has 0 aliphatic carbocycles. The standard InChI is InChI=1S/C7H14N4O/c1-10-6-9-11(7(10)12)5-3-2-4-8/h6H,2-5,8H2,1H3. The molecule has 0 radical (unpaired) electrons. The fourth-order valence-electron chi connectivity index (χ4n) is 0.980. The molecule has 1 aromatic heterocycles. The Morgan fingerprint density at radius 2 is 2.33 bits per heavy atom. The van der Waals surface area contributed by atoms with Crippen molar-refractivity contribution < 1.29 is 0 Å². The Labute approximate surface area is 70.8 Å². The van der Waals surface area contributed by atoms with Gasteiger partial charge in [0.25, 0.3) is 0 Å². The average Bonchev–Trinajstić information content (AvgIpc) is 2.36. The highest BCUT2D eigenvalue weighted by Gasteiger charge is 1.99. The van der Waals surface area contributed by atoms with Crippen molar-refractivity contribution in [3.8, 4) is 0 Å². The molecule has 0 bridgehead atoms. The summed E-state index contributed by atoms with van der Waals surface area (Å²) in [6.07, 6.45) is 3.36. The van der Waals surface area contributed by atoms with Gasteiger partial charge in [0.2, 0.25) is 0 Å². The Kier molecular flexibility index (Phi) is 3.04. The Morgan fingerprint density at radius 3 is 2.83 bits per heavy atom. The van der Waals surface area contributed by atoms with Crippen LogP contribution < -0.4 is 11.4 Å². The highest BCUT2D eigenvalue weighted by Crippen LogP contribution is 1.88. The molecule has 2 N–H and O–H groups in total. The molecule has 0 saturated heterocycles. The average molecular weight is 170 g/mol. The van der Waals surface area contributed by atoms with E-state index in [9.17, 15) is 4.79 Å². The van der Waals surface area contributed by atoms with Crippen molar-refractivity contribution in [3.63, 3.8) is 0 Å². The molecule has 1 aromatic rings. The number of nitrogens with two attached hydrogens (primary N) is 1. The summed E-state index contributed by atoms with van der Waals surface area (Å²) in [4.78, 5) is 11.2. The van der Waals surface area contributed by atoms with Crippen molar-refractivity contribution in [2.75, 3.05) is 6.54 Å². The number of aryl methyl sites for hydroxylation is 2. The van der Waals surface area contributed by atoms with Crippen molar-refractivity contribution in [2.45, 2.75) is 19.4 Å². The van der Waals surface area contributed by atoms with Crippen molar-refractivity contribution in [1.29, 1.82) is 0 Å². The van der Waals surface area contributed by atoms with E-state index in [0.29, 0.717) is 13.1 Å². The van der Waals surface area contributed by atoms with E-state index in [-0.39, 0.29) is 5.69 Å². The maximum absolute atomic E-state index is 11.2. The molecule has 12 heavy (non-hydrogen) atoms. The van der Waals surface area contributed by atoms with E-state index in [1.165, 1.54) is 15.6 Å². The Balaban J connectivity index is 2.52. The van der Waals surface area contributed by atoms with Gasteiger partial charge in [0.15, 0.2) is 0 Å². The highest BCUT2D eigenvalue weighted by molar-refractivity contribution is 4.64. The Bertz CT molecular complexity index is 288. The van der Waals surface area contributed by atoms with Gasteiger partial charge in [-0.2, -0.15) is 5.10 Å². The minimum atomic E-state index is -0.0629. The lowest BCUT2D eigenvalue weighted by Gasteiger charge is -1.96. The number of aromatic nitrogens is 3. The fourth-order valence-corrected chi connectivity index (χ4v) is 0.980. The summed E-state index contributed by atoms with van der Waals surface area (Å²) in [6, 6.07) is 0. The van der Waals surface area contributed by atoms with Gasteiger partial charge in [0.05, 0.1) is 0 Å². The second kappa shape index (κ2) is 4.06. The van der Waals surface area contributed by atoms with Gasteiger partial charge in [-0.15, -0.1) is 0 Å². The van der Waals surface area contributed by atoms with Crippen LogP contribution in [0.3, 0.4) is 0 Å². The maximum atomic E-state index is 11.2. The SMILES string of the molecule is Cn1cnn(CCCCN)c1=O. The van der Waals surface area contributed by atoms with Crippen LogP contribution in [0.1, 0.15) is 12.8 Å². The van der Waals surface area contributed by atoms with Crippen LogP contribution >= 0.6 is 0 Å². The normalized spacial score (nSPS) is 10.5. The van der Waals surface area contributed by atoms with Gasteiger partial charge in [-0.05, 0) is 19.4 Å². The van der Waals surface area contributed by atoms with Crippen LogP contribution in [0.2, 0.25) is 0 Å². The molecule has 1 rings (SSSR count). The number of unbranched alkanes of at least 4 members (excludes halogenated alkanes) is 1. The predicted molar refractivity (Wildman–Crippen MR) is 45.8 cm³/mol. The van der Waals surface area contributed by atoms with Gasteiger partial charge in [-0.25, -0.2) is 9.48 Å². The second-order valence-corrected chi connectivity index (χ2v) is 2.74. The van der Waals surface area contributed by atoms with Gasteiger partial charge < -0.3 is 5.73 Å². The third kappa shape index (κ3) is 1.94. The van der Waals surface area contributed by atoms with Crippen molar-refractivity contribution in [1.82, 2.24) is 14.3 Å². The van der Waals surface area contributed by atoms with E-state index in [0.717, 1.165) is 12.8 Å². The molecule has 0 unspecified atom stereocenters. The fraction of sp³-hybridized carbons (Fsp3) is 0.714.